The van der Waals surface area contributed by atoms with Gasteiger partial charge in [-0.2, -0.15) is 0 Å². The summed E-state index contributed by atoms with van der Waals surface area (Å²) in [6.07, 6.45) is 0.360. The number of carbonyl (C=O) groups is 1. The van der Waals surface area contributed by atoms with Crippen molar-refractivity contribution in [3.05, 3.63) is 17.0 Å². The highest BCUT2D eigenvalue weighted by atomic mass is 35.5. The molecule has 112 valence electrons. The third-order valence-corrected chi connectivity index (χ3v) is 2.38. The molecule has 0 aliphatic heterocycles. The average molecular weight is 301 g/mol. The quantitative estimate of drug-likeness (QED) is 0.786. The topological polar surface area (TPSA) is 76.1 Å². The number of anilines is 1. The molecule has 0 saturated heterocycles. The van der Waals surface area contributed by atoms with Crippen LogP contribution < -0.4 is 10.6 Å². The Hall–Kier alpha value is -1.40. The lowest BCUT2D eigenvalue weighted by Crippen LogP contribution is -2.41. The van der Waals surface area contributed by atoms with E-state index < -0.39 is 0 Å². The van der Waals surface area contributed by atoms with Crippen LogP contribution in [0.2, 0.25) is 5.15 Å². The summed E-state index contributed by atoms with van der Waals surface area (Å²) in [7, 11) is 1.56. The number of ether oxygens (including phenoxy) is 1. The van der Waals surface area contributed by atoms with E-state index in [2.05, 4.69) is 20.6 Å². The second-order valence-corrected chi connectivity index (χ2v) is 5.79. The summed E-state index contributed by atoms with van der Waals surface area (Å²) >= 11 is 5.89. The van der Waals surface area contributed by atoms with Crippen LogP contribution in [0.15, 0.2) is 6.07 Å². The highest BCUT2D eigenvalue weighted by Crippen LogP contribution is 2.12. The Morgan fingerprint density at radius 2 is 2.10 bits per heavy atom. The van der Waals surface area contributed by atoms with E-state index in [4.69, 9.17) is 16.3 Å². The lowest BCUT2D eigenvalue weighted by molar-refractivity contribution is -0.122. The van der Waals surface area contributed by atoms with Gasteiger partial charge in [-0.3, -0.25) is 4.79 Å². The molecule has 1 amide bonds. The minimum absolute atomic E-state index is 0.0118. The molecule has 0 saturated carbocycles. The van der Waals surface area contributed by atoms with Crippen LogP contribution >= 0.6 is 11.6 Å². The van der Waals surface area contributed by atoms with Gasteiger partial charge in [0.25, 0.3) is 0 Å². The maximum atomic E-state index is 11.7. The van der Waals surface area contributed by atoms with E-state index in [-0.39, 0.29) is 11.4 Å². The van der Waals surface area contributed by atoms with E-state index >= 15 is 0 Å². The molecule has 0 atom stereocenters. The van der Waals surface area contributed by atoms with Gasteiger partial charge in [0.2, 0.25) is 5.91 Å². The number of methoxy groups -OCH3 is 1. The van der Waals surface area contributed by atoms with Crippen LogP contribution in [0.1, 0.15) is 33.0 Å². The maximum absolute atomic E-state index is 11.7. The third kappa shape index (κ3) is 6.68. The van der Waals surface area contributed by atoms with Crippen molar-refractivity contribution in [1.29, 1.82) is 0 Å². The molecular weight excluding hydrogens is 280 g/mol. The van der Waals surface area contributed by atoms with E-state index in [1.165, 1.54) is 0 Å². The minimum atomic E-state index is -0.221. The Morgan fingerprint density at radius 1 is 1.40 bits per heavy atom. The van der Waals surface area contributed by atoms with Crippen molar-refractivity contribution < 1.29 is 9.53 Å². The molecule has 7 heteroatoms. The predicted molar refractivity (Wildman–Crippen MR) is 78.8 cm³/mol. The summed E-state index contributed by atoms with van der Waals surface area (Å²) in [4.78, 5) is 19.9. The van der Waals surface area contributed by atoms with Crippen molar-refractivity contribution in [3.8, 4) is 0 Å². The van der Waals surface area contributed by atoms with Gasteiger partial charge in [0.05, 0.1) is 0 Å². The number of nitrogens with one attached hydrogen (secondary N) is 2. The summed E-state index contributed by atoms with van der Waals surface area (Å²) in [6, 6.07) is 1.61. The Labute approximate surface area is 124 Å². The molecule has 1 heterocycles. The second-order valence-electron chi connectivity index (χ2n) is 5.40. The summed E-state index contributed by atoms with van der Waals surface area (Å²) in [5, 5.41) is 6.28. The van der Waals surface area contributed by atoms with Crippen LogP contribution in [0.4, 0.5) is 5.82 Å². The SMILES string of the molecule is COCc1nc(Cl)cc(NCCC(=O)NC(C)(C)C)n1. The summed E-state index contributed by atoms with van der Waals surface area (Å²) in [5.41, 5.74) is -0.221. The van der Waals surface area contributed by atoms with Crippen molar-refractivity contribution >= 4 is 23.3 Å². The smallest absolute Gasteiger partial charge is 0.222 e. The first-order valence-corrected chi connectivity index (χ1v) is 6.75. The van der Waals surface area contributed by atoms with Gasteiger partial charge in [0.1, 0.15) is 17.6 Å². The molecule has 0 bridgehead atoms. The number of rotatable bonds is 6. The van der Waals surface area contributed by atoms with Crippen molar-refractivity contribution in [2.24, 2.45) is 0 Å². The fraction of sp³-hybridized carbons (Fsp3) is 0.615. The first kappa shape index (κ1) is 16.7. The number of hydrogen-bond donors (Lipinski definition) is 2. The third-order valence-electron chi connectivity index (χ3n) is 2.19. The fourth-order valence-corrected chi connectivity index (χ4v) is 1.73. The van der Waals surface area contributed by atoms with Gasteiger partial charge in [-0.05, 0) is 20.8 Å². The Balaban J connectivity index is 2.47. The molecule has 0 spiro atoms. The molecule has 1 aromatic heterocycles. The lowest BCUT2D eigenvalue weighted by Gasteiger charge is -2.20. The van der Waals surface area contributed by atoms with Gasteiger partial charge < -0.3 is 15.4 Å². The van der Waals surface area contributed by atoms with E-state index in [1.54, 1.807) is 13.2 Å². The maximum Gasteiger partial charge on any atom is 0.222 e. The largest absolute Gasteiger partial charge is 0.377 e. The van der Waals surface area contributed by atoms with E-state index in [1.807, 2.05) is 20.8 Å². The molecule has 1 rings (SSSR count). The Morgan fingerprint density at radius 3 is 2.70 bits per heavy atom. The molecule has 2 N–H and O–H groups in total. The molecule has 1 aromatic rings. The summed E-state index contributed by atoms with van der Waals surface area (Å²) in [5.74, 6) is 1.07. The van der Waals surface area contributed by atoms with Crippen LogP contribution in [0.25, 0.3) is 0 Å². The predicted octanol–water partition coefficient (Wildman–Crippen LogP) is 1.99. The molecule has 6 nitrogen and oxygen atoms in total. The molecule has 0 fully saturated rings. The van der Waals surface area contributed by atoms with Crippen LogP contribution in [0.5, 0.6) is 0 Å². The molecule has 0 aliphatic rings. The van der Waals surface area contributed by atoms with Crippen LogP contribution in [-0.4, -0.2) is 35.1 Å². The number of nitrogens with zero attached hydrogens (tertiary/aromatic N) is 2. The Bertz CT molecular complexity index is 460. The Kier molecular flexibility index (Phi) is 6.16. The summed E-state index contributed by atoms with van der Waals surface area (Å²) < 4.78 is 4.96. The van der Waals surface area contributed by atoms with Gasteiger partial charge in [0.15, 0.2) is 5.82 Å². The zero-order chi connectivity index (χ0) is 15.2. The van der Waals surface area contributed by atoms with Gasteiger partial charge in [0, 0.05) is 31.7 Å². The normalized spacial score (nSPS) is 11.2. The van der Waals surface area contributed by atoms with Crippen molar-refractivity contribution in [3.63, 3.8) is 0 Å². The molecular formula is C13H21ClN4O2. The number of hydrogen-bond acceptors (Lipinski definition) is 5. The average Bonchev–Trinajstić information content (AvgIpc) is 2.26. The van der Waals surface area contributed by atoms with E-state index in [0.717, 1.165) is 0 Å². The number of carbonyl (C=O) groups excluding carboxylic acids is 1. The van der Waals surface area contributed by atoms with E-state index in [0.29, 0.717) is 36.4 Å². The highest BCUT2D eigenvalue weighted by Gasteiger charge is 2.13. The molecule has 20 heavy (non-hydrogen) atoms. The van der Waals surface area contributed by atoms with Gasteiger partial charge >= 0.3 is 0 Å². The zero-order valence-electron chi connectivity index (χ0n) is 12.3. The minimum Gasteiger partial charge on any atom is -0.377 e. The number of aromatic nitrogens is 2. The number of halogens is 1. The van der Waals surface area contributed by atoms with Crippen molar-refractivity contribution in [1.82, 2.24) is 15.3 Å². The van der Waals surface area contributed by atoms with Gasteiger partial charge in [-0.15, -0.1) is 0 Å². The standard InChI is InChI=1S/C13H21ClN4O2/c1-13(2,3)18-12(19)5-6-15-10-7-9(14)16-11(17-10)8-20-4/h7H,5-6,8H2,1-4H3,(H,18,19)(H,15,16,17). The van der Waals surface area contributed by atoms with Crippen molar-refractivity contribution in [2.45, 2.75) is 39.3 Å². The monoisotopic (exact) mass is 300 g/mol. The fourth-order valence-electron chi connectivity index (χ4n) is 1.53. The summed E-state index contributed by atoms with van der Waals surface area (Å²) in [6.45, 7) is 6.60. The molecule has 0 radical (unpaired) electrons. The lowest BCUT2D eigenvalue weighted by atomic mass is 10.1. The molecule has 0 unspecified atom stereocenters. The first-order valence-electron chi connectivity index (χ1n) is 6.37. The number of amides is 1. The van der Waals surface area contributed by atoms with Crippen LogP contribution in [0, 0.1) is 0 Å². The molecule has 0 aliphatic carbocycles. The van der Waals surface area contributed by atoms with Gasteiger partial charge in [-0.1, -0.05) is 11.6 Å². The second kappa shape index (κ2) is 7.40. The van der Waals surface area contributed by atoms with E-state index in [9.17, 15) is 4.79 Å². The van der Waals surface area contributed by atoms with Crippen LogP contribution in [0.3, 0.4) is 0 Å². The van der Waals surface area contributed by atoms with Crippen molar-refractivity contribution in [2.75, 3.05) is 19.0 Å². The molecule has 0 aromatic carbocycles. The highest BCUT2D eigenvalue weighted by molar-refractivity contribution is 6.29. The first-order chi connectivity index (χ1) is 9.30. The van der Waals surface area contributed by atoms with Gasteiger partial charge in [-0.25, -0.2) is 9.97 Å². The zero-order valence-corrected chi connectivity index (χ0v) is 13.0. The van der Waals surface area contributed by atoms with Crippen LogP contribution in [-0.2, 0) is 16.1 Å².